The summed E-state index contributed by atoms with van der Waals surface area (Å²) in [5.74, 6) is 2.03. The van der Waals surface area contributed by atoms with Crippen molar-refractivity contribution in [2.24, 2.45) is 0 Å². The number of anilines is 1. The number of oxazole rings is 1. The molecule has 2 aromatic heterocycles. The number of nitrogens with zero attached hydrogens (tertiary/aromatic N) is 5. The average Bonchev–Trinajstić information content (AvgIpc) is 3.08. The lowest BCUT2D eigenvalue weighted by Crippen LogP contribution is -2.35. The van der Waals surface area contributed by atoms with E-state index in [2.05, 4.69) is 14.9 Å². The van der Waals surface area contributed by atoms with E-state index in [1.54, 1.807) is 12.4 Å². The number of carbonyl (C=O) groups is 1. The number of carbonyl (C=O) groups excluding carboxylic acids is 1. The average molecular weight is 406 g/mol. The summed E-state index contributed by atoms with van der Waals surface area (Å²) in [5, 5.41) is 0. The van der Waals surface area contributed by atoms with Crippen molar-refractivity contribution in [3.05, 3.63) is 48.1 Å². The highest BCUT2D eigenvalue weighted by Crippen LogP contribution is 2.34. The molecular formula is C23H27N5O2. The molecule has 0 bridgehead atoms. The van der Waals surface area contributed by atoms with Gasteiger partial charge in [0.25, 0.3) is 5.91 Å². The van der Waals surface area contributed by atoms with Crippen LogP contribution in [0.25, 0.3) is 11.1 Å². The summed E-state index contributed by atoms with van der Waals surface area (Å²) in [5.41, 5.74) is 2.23. The van der Waals surface area contributed by atoms with E-state index in [9.17, 15) is 4.79 Å². The summed E-state index contributed by atoms with van der Waals surface area (Å²) in [6, 6.07) is 7.47. The number of amides is 1. The van der Waals surface area contributed by atoms with E-state index in [1.807, 2.05) is 29.2 Å². The van der Waals surface area contributed by atoms with Crippen molar-refractivity contribution in [2.45, 2.75) is 44.4 Å². The third kappa shape index (κ3) is 3.88. The van der Waals surface area contributed by atoms with Crippen LogP contribution < -0.4 is 4.90 Å². The van der Waals surface area contributed by atoms with Crippen LogP contribution in [0.2, 0.25) is 0 Å². The Hall–Kier alpha value is -2.96. The first-order chi connectivity index (χ1) is 14.8. The summed E-state index contributed by atoms with van der Waals surface area (Å²) in [6.45, 7) is 2.95. The quantitative estimate of drug-likeness (QED) is 0.655. The zero-order chi connectivity index (χ0) is 20.3. The van der Waals surface area contributed by atoms with Crippen molar-refractivity contribution >= 4 is 23.0 Å². The van der Waals surface area contributed by atoms with Crippen LogP contribution in [0.5, 0.6) is 0 Å². The van der Waals surface area contributed by atoms with Crippen LogP contribution in [0, 0.1) is 0 Å². The Morgan fingerprint density at radius 1 is 0.967 bits per heavy atom. The standard InChI is InChI=1S/C23H27N5O2/c29-22(27-12-5-13-28(15-14-27)23-24-10-4-11-25-23)18-8-9-19-20(16-18)30-21(26-19)17-6-2-1-3-7-17/h4,8-11,16-17H,1-3,5-7,12-15H2. The molecule has 30 heavy (non-hydrogen) atoms. The highest BCUT2D eigenvalue weighted by atomic mass is 16.3. The summed E-state index contributed by atoms with van der Waals surface area (Å²) < 4.78 is 6.08. The van der Waals surface area contributed by atoms with Crippen LogP contribution in [-0.2, 0) is 0 Å². The van der Waals surface area contributed by atoms with Gasteiger partial charge < -0.3 is 14.2 Å². The number of aromatic nitrogens is 3. The van der Waals surface area contributed by atoms with E-state index in [4.69, 9.17) is 9.40 Å². The van der Waals surface area contributed by atoms with Crippen LogP contribution in [0.15, 0.2) is 41.1 Å². The monoisotopic (exact) mass is 405 g/mol. The highest BCUT2D eigenvalue weighted by Gasteiger charge is 2.24. The van der Waals surface area contributed by atoms with Gasteiger partial charge in [-0.25, -0.2) is 15.0 Å². The second-order valence-electron chi connectivity index (χ2n) is 8.25. The van der Waals surface area contributed by atoms with Crippen molar-refractivity contribution in [3.8, 4) is 0 Å². The normalized spacial score (nSPS) is 18.5. The first-order valence-corrected chi connectivity index (χ1v) is 11.0. The number of benzene rings is 1. The van der Waals surface area contributed by atoms with Gasteiger partial charge in [-0.3, -0.25) is 4.79 Å². The van der Waals surface area contributed by atoms with Crippen LogP contribution >= 0.6 is 0 Å². The van der Waals surface area contributed by atoms with Gasteiger partial charge in [0, 0.05) is 50.1 Å². The Balaban J connectivity index is 1.30. The van der Waals surface area contributed by atoms with Gasteiger partial charge in [0.2, 0.25) is 5.95 Å². The molecular weight excluding hydrogens is 378 g/mol. The fraction of sp³-hybridized carbons (Fsp3) is 0.478. The number of hydrogen-bond acceptors (Lipinski definition) is 6. The molecule has 1 saturated carbocycles. The van der Waals surface area contributed by atoms with E-state index < -0.39 is 0 Å². The molecule has 156 valence electrons. The minimum atomic E-state index is 0.0448. The SMILES string of the molecule is O=C(c1ccc2nc(C3CCCCC3)oc2c1)N1CCCN(c2ncccn2)CC1. The minimum absolute atomic E-state index is 0.0448. The number of fused-ring (bicyclic) bond motifs is 1. The van der Waals surface area contributed by atoms with Gasteiger partial charge in [-0.2, -0.15) is 0 Å². The zero-order valence-electron chi connectivity index (χ0n) is 17.2. The molecule has 7 heteroatoms. The van der Waals surface area contributed by atoms with Gasteiger partial charge in [0.05, 0.1) is 0 Å². The van der Waals surface area contributed by atoms with Crippen LogP contribution in [-0.4, -0.2) is 51.9 Å². The van der Waals surface area contributed by atoms with Crippen molar-refractivity contribution in [2.75, 3.05) is 31.1 Å². The van der Waals surface area contributed by atoms with Crippen molar-refractivity contribution in [3.63, 3.8) is 0 Å². The molecule has 2 aliphatic rings. The van der Waals surface area contributed by atoms with Gasteiger partial charge in [-0.1, -0.05) is 19.3 Å². The predicted molar refractivity (Wildman–Crippen MR) is 115 cm³/mol. The third-order valence-electron chi connectivity index (χ3n) is 6.22. The van der Waals surface area contributed by atoms with Crippen molar-refractivity contribution < 1.29 is 9.21 Å². The molecule has 1 saturated heterocycles. The molecule has 0 N–H and O–H groups in total. The molecule has 0 unspecified atom stereocenters. The Morgan fingerprint density at radius 2 is 1.80 bits per heavy atom. The molecule has 2 fully saturated rings. The van der Waals surface area contributed by atoms with Gasteiger partial charge in [-0.15, -0.1) is 0 Å². The Labute approximate surface area is 176 Å². The molecule has 0 spiro atoms. The smallest absolute Gasteiger partial charge is 0.254 e. The number of rotatable bonds is 3. The maximum atomic E-state index is 13.2. The molecule has 1 aliphatic carbocycles. The van der Waals surface area contributed by atoms with Crippen LogP contribution in [0.1, 0.15) is 60.7 Å². The topological polar surface area (TPSA) is 75.4 Å². The highest BCUT2D eigenvalue weighted by molar-refractivity contribution is 5.97. The lowest BCUT2D eigenvalue weighted by Gasteiger charge is -2.22. The summed E-state index contributed by atoms with van der Waals surface area (Å²) in [7, 11) is 0. The van der Waals surface area contributed by atoms with Crippen LogP contribution in [0.4, 0.5) is 5.95 Å². The summed E-state index contributed by atoms with van der Waals surface area (Å²) >= 11 is 0. The Morgan fingerprint density at radius 3 is 2.63 bits per heavy atom. The maximum absolute atomic E-state index is 13.2. The molecule has 1 aliphatic heterocycles. The van der Waals surface area contributed by atoms with Gasteiger partial charge in [0.1, 0.15) is 5.52 Å². The van der Waals surface area contributed by atoms with Crippen molar-refractivity contribution in [1.29, 1.82) is 0 Å². The minimum Gasteiger partial charge on any atom is -0.440 e. The Bertz CT molecular complexity index is 1010. The summed E-state index contributed by atoms with van der Waals surface area (Å²) in [4.78, 5) is 30.6. The lowest BCUT2D eigenvalue weighted by atomic mass is 9.89. The van der Waals surface area contributed by atoms with Gasteiger partial charge in [-0.05, 0) is 43.5 Å². The van der Waals surface area contributed by atoms with Crippen molar-refractivity contribution in [1.82, 2.24) is 19.9 Å². The number of hydrogen-bond donors (Lipinski definition) is 0. The molecule has 1 amide bonds. The third-order valence-corrected chi connectivity index (χ3v) is 6.22. The molecule has 3 heterocycles. The first-order valence-electron chi connectivity index (χ1n) is 11.0. The predicted octanol–water partition coefficient (Wildman–Crippen LogP) is 4.02. The molecule has 5 rings (SSSR count). The zero-order valence-corrected chi connectivity index (χ0v) is 17.2. The van der Waals surface area contributed by atoms with E-state index in [0.29, 0.717) is 18.0 Å². The van der Waals surface area contributed by atoms with E-state index >= 15 is 0 Å². The van der Waals surface area contributed by atoms with E-state index in [1.165, 1.54) is 19.3 Å². The fourth-order valence-electron chi connectivity index (χ4n) is 4.56. The Kier molecular flexibility index (Phi) is 5.34. The van der Waals surface area contributed by atoms with Gasteiger partial charge in [0.15, 0.2) is 11.5 Å². The van der Waals surface area contributed by atoms with Gasteiger partial charge >= 0.3 is 0 Å². The van der Waals surface area contributed by atoms with E-state index in [0.717, 1.165) is 61.8 Å². The molecule has 3 aromatic rings. The first kappa shape index (κ1) is 19.0. The fourth-order valence-corrected chi connectivity index (χ4v) is 4.56. The second kappa shape index (κ2) is 8.42. The summed E-state index contributed by atoms with van der Waals surface area (Å²) in [6.07, 6.45) is 10.5. The molecule has 1 aromatic carbocycles. The van der Waals surface area contributed by atoms with E-state index in [-0.39, 0.29) is 5.91 Å². The second-order valence-corrected chi connectivity index (χ2v) is 8.25. The molecule has 7 nitrogen and oxygen atoms in total. The molecule has 0 radical (unpaired) electrons. The molecule has 0 atom stereocenters. The van der Waals surface area contributed by atoms with Crippen LogP contribution in [0.3, 0.4) is 0 Å². The maximum Gasteiger partial charge on any atom is 0.254 e. The lowest BCUT2D eigenvalue weighted by molar-refractivity contribution is 0.0767. The largest absolute Gasteiger partial charge is 0.440 e.